The van der Waals surface area contributed by atoms with Gasteiger partial charge in [0.2, 0.25) is 0 Å². The Kier molecular flexibility index (Phi) is 4.54. The number of anilines is 1. The number of carbonyl (C=O) groups is 1. The summed E-state index contributed by atoms with van der Waals surface area (Å²) in [6.07, 6.45) is -0.944. The summed E-state index contributed by atoms with van der Waals surface area (Å²) in [5, 5.41) is 29.7. The normalized spacial score (nSPS) is 12.2. The topological polar surface area (TPSA) is 89.8 Å². The minimum Gasteiger partial charge on any atom is -0.478 e. The van der Waals surface area contributed by atoms with E-state index in [0.29, 0.717) is 10.7 Å². The molecule has 0 bridgehead atoms. The Bertz CT molecular complexity index is 383. The Hall–Kier alpha value is -1.30. The minimum absolute atomic E-state index is 0.0527. The molecule has 4 N–H and O–H groups in total. The molecule has 0 radical (unpaired) electrons. The van der Waals surface area contributed by atoms with Crippen molar-refractivity contribution in [2.45, 2.75) is 6.10 Å². The molecule has 0 saturated heterocycles. The zero-order chi connectivity index (χ0) is 12.1. The van der Waals surface area contributed by atoms with Gasteiger partial charge in [-0.25, -0.2) is 4.79 Å². The van der Waals surface area contributed by atoms with Gasteiger partial charge in [-0.05, 0) is 18.2 Å². The Balaban J connectivity index is 2.84. The maximum atomic E-state index is 10.9. The first-order valence-electron chi connectivity index (χ1n) is 4.60. The molecule has 0 aliphatic rings. The van der Waals surface area contributed by atoms with Crippen LogP contribution in [0.3, 0.4) is 0 Å². The highest BCUT2D eigenvalue weighted by molar-refractivity contribution is 6.31. The third-order valence-electron chi connectivity index (χ3n) is 1.95. The molecule has 1 aromatic rings. The van der Waals surface area contributed by atoms with E-state index in [1.54, 1.807) is 0 Å². The quantitative estimate of drug-likeness (QED) is 0.616. The monoisotopic (exact) mass is 245 g/mol. The Morgan fingerprint density at radius 2 is 2.19 bits per heavy atom. The van der Waals surface area contributed by atoms with Crippen LogP contribution in [0.15, 0.2) is 18.2 Å². The van der Waals surface area contributed by atoms with Crippen LogP contribution >= 0.6 is 11.6 Å². The van der Waals surface area contributed by atoms with Crippen molar-refractivity contribution in [1.29, 1.82) is 0 Å². The minimum atomic E-state index is -1.09. The number of aliphatic hydroxyl groups excluding tert-OH is 2. The lowest BCUT2D eigenvalue weighted by Crippen LogP contribution is -2.23. The molecule has 6 heteroatoms. The van der Waals surface area contributed by atoms with Crippen LogP contribution in [0.2, 0.25) is 5.02 Å². The predicted molar refractivity (Wildman–Crippen MR) is 60.0 cm³/mol. The fraction of sp³-hybridized carbons (Fsp3) is 0.300. The van der Waals surface area contributed by atoms with Gasteiger partial charge in [0.15, 0.2) is 0 Å². The number of carboxylic acids is 1. The van der Waals surface area contributed by atoms with Gasteiger partial charge in [-0.1, -0.05) is 11.6 Å². The molecule has 1 aromatic carbocycles. The molecule has 16 heavy (non-hydrogen) atoms. The van der Waals surface area contributed by atoms with Gasteiger partial charge >= 0.3 is 5.97 Å². The highest BCUT2D eigenvalue weighted by atomic mass is 35.5. The number of carboxylic acid groups (broad SMARTS) is 1. The van der Waals surface area contributed by atoms with Crippen molar-refractivity contribution < 1.29 is 20.1 Å². The summed E-state index contributed by atoms with van der Waals surface area (Å²) in [7, 11) is 0. The third-order valence-corrected chi connectivity index (χ3v) is 2.19. The number of nitrogens with one attached hydrogen (secondary N) is 1. The molecule has 0 aliphatic carbocycles. The summed E-state index contributed by atoms with van der Waals surface area (Å²) in [5.41, 5.74) is 0.377. The van der Waals surface area contributed by atoms with E-state index in [0.717, 1.165) is 0 Å². The van der Waals surface area contributed by atoms with E-state index in [1.807, 2.05) is 0 Å². The molecule has 1 rings (SSSR count). The summed E-state index contributed by atoms with van der Waals surface area (Å²) in [6.45, 7) is -0.340. The molecule has 1 atom stereocenters. The second-order valence-electron chi connectivity index (χ2n) is 3.21. The fourth-order valence-corrected chi connectivity index (χ4v) is 1.31. The molecule has 0 spiro atoms. The van der Waals surface area contributed by atoms with Gasteiger partial charge in [-0.2, -0.15) is 0 Å². The van der Waals surface area contributed by atoms with E-state index in [1.165, 1.54) is 18.2 Å². The zero-order valence-electron chi connectivity index (χ0n) is 8.35. The number of hydrogen-bond acceptors (Lipinski definition) is 4. The molecule has 1 unspecified atom stereocenters. The van der Waals surface area contributed by atoms with Gasteiger partial charge < -0.3 is 20.6 Å². The first-order valence-corrected chi connectivity index (χ1v) is 4.98. The number of benzene rings is 1. The van der Waals surface area contributed by atoms with E-state index < -0.39 is 18.7 Å². The molecule has 0 aromatic heterocycles. The molecule has 0 heterocycles. The maximum Gasteiger partial charge on any atom is 0.337 e. The SMILES string of the molecule is O=C(O)c1ccc(Cl)cc1NCC(O)CO. The van der Waals surface area contributed by atoms with Gasteiger partial charge in [0.25, 0.3) is 0 Å². The first kappa shape index (κ1) is 12.8. The molecule has 88 valence electrons. The number of halogens is 1. The van der Waals surface area contributed by atoms with E-state index >= 15 is 0 Å². The molecular weight excluding hydrogens is 234 g/mol. The van der Waals surface area contributed by atoms with Gasteiger partial charge in [-0.15, -0.1) is 0 Å². The Morgan fingerprint density at radius 3 is 2.75 bits per heavy atom. The van der Waals surface area contributed by atoms with Crippen LogP contribution < -0.4 is 5.32 Å². The average Bonchev–Trinajstić information content (AvgIpc) is 2.25. The molecule has 0 fully saturated rings. The molecule has 5 nitrogen and oxygen atoms in total. The lowest BCUT2D eigenvalue weighted by Gasteiger charge is -2.12. The third kappa shape index (κ3) is 3.37. The summed E-state index contributed by atoms with van der Waals surface area (Å²) in [5.74, 6) is -1.09. The zero-order valence-corrected chi connectivity index (χ0v) is 9.11. The second kappa shape index (κ2) is 5.69. The van der Waals surface area contributed by atoms with Crippen LogP contribution in [0.1, 0.15) is 10.4 Å². The van der Waals surface area contributed by atoms with Gasteiger partial charge in [0.1, 0.15) is 0 Å². The van der Waals surface area contributed by atoms with E-state index in [-0.39, 0.29) is 12.1 Å². The highest BCUT2D eigenvalue weighted by Gasteiger charge is 2.11. The van der Waals surface area contributed by atoms with Gasteiger partial charge in [0.05, 0.1) is 24.0 Å². The van der Waals surface area contributed by atoms with Gasteiger partial charge in [0, 0.05) is 11.6 Å². The number of aliphatic hydroxyl groups is 2. The Labute approximate surface area is 97.3 Å². The van der Waals surface area contributed by atoms with Crippen LogP contribution in [0.5, 0.6) is 0 Å². The van der Waals surface area contributed by atoms with Crippen molar-refractivity contribution in [3.63, 3.8) is 0 Å². The average molecular weight is 246 g/mol. The van der Waals surface area contributed by atoms with Crippen LogP contribution in [-0.4, -0.2) is 40.5 Å². The van der Waals surface area contributed by atoms with Crippen LogP contribution in [0.4, 0.5) is 5.69 Å². The summed E-state index contributed by atoms with van der Waals surface area (Å²) in [4.78, 5) is 10.9. The molecule has 0 amide bonds. The van der Waals surface area contributed by atoms with Crippen LogP contribution in [0.25, 0.3) is 0 Å². The second-order valence-corrected chi connectivity index (χ2v) is 3.65. The van der Waals surface area contributed by atoms with Crippen molar-refractivity contribution in [1.82, 2.24) is 0 Å². The predicted octanol–water partition coefficient (Wildman–Crippen LogP) is 0.803. The molecule has 0 saturated carbocycles. The number of rotatable bonds is 5. The fourth-order valence-electron chi connectivity index (χ4n) is 1.14. The summed E-state index contributed by atoms with van der Waals surface area (Å²) in [6, 6.07) is 4.30. The number of aromatic carboxylic acids is 1. The van der Waals surface area contributed by atoms with Crippen molar-refractivity contribution in [2.24, 2.45) is 0 Å². The van der Waals surface area contributed by atoms with Crippen molar-refractivity contribution >= 4 is 23.3 Å². The van der Waals surface area contributed by atoms with E-state index in [2.05, 4.69) is 5.32 Å². The van der Waals surface area contributed by atoms with Crippen molar-refractivity contribution in [2.75, 3.05) is 18.5 Å². The largest absolute Gasteiger partial charge is 0.478 e. The maximum absolute atomic E-state index is 10.9. The van der Waals surface area contributed by atoms with Gasteiger partial charge in [-0.3, -0.25) is 0 Å². The van der Waals surface area contributed by atoms with Crippen molar-refractivity contribution in [3.8, 4) is 0 Å². The van der Waals surface area contributed by atoms with Crippen LogP contribution in [0, 0.1) is 0 Å². The van der Waals surface area contributed by atoms with Crippen LogP contribution in [-0.2, 0) is 0 Å². The summed E-state index contributed by atoms with van der Waals surface area (Å²) >= 11 is 5.73. The van der Waals surface area contributed by atoms with Crippen molar-refractivity contribution in [3.05, 3.63) is 28.8 Å². The smallest absolute Gasteiger partial charge is 0.337 e. The standard InChI is InChI=1S/C10H12ClNO4/c11-6-1-2-8(10(15)16)9(3-6)12-4-7(14)5-13/h1-3,7,12-14H,4-5H2,(H,15,16). The number of hydrogen-bond donors (Lipinski definition) is 4. The van der Waals surface area contributed by atoms with E-state index in [9.17, 15) is 4.79 Å². The highest BCUT2D eigenvalue weighted by Crippen LogP contribution is 2.21. The lowest BCUT2D eigenvalue weighted by atomic mass is 10.1. The molecular formula is C10H12ClNO4. The summed E-state index contributed by atoms with van der Waals surface area (Å²) < 4.78 is 0. The Morgan fingerprint density at radius 1 is 1.50 bits per heavy atom. The van der Waals surface area contributed by atoms with E-state index in [4.69, 9.17) is 26.9 Å². The molecule has 0 aliphatic heterocycles. The first-order chi connectivity index (χ1) is 7.54. The lowest BCUT2D eigenvalue weighted by molar-refractivity contribution is 0.0697.